The molecule has 82 valence electrons. The lowest BCUT2D eigenvalue weighted by atomic mass is 10.2. The van der Waals surface area contributed by atoms with Crippen molar-refractivity contribution in [2.45, 2.75) is 19.8 Å². The fourth-order valence-electron chi connectivity index (χ4n) is 1.27. The summed E-state index contributed by atoms with van der Waals surface area (Å²) in [5.74, 6) is -1.54. The molecule has 4 heteroatoms. The van der Waals surface area contributed by atoms with Gasteiger partial charge in [0.1, 0.15) is 11.6 Å². The van der Waals surface area contributed by atoms with Crippen LogP contribution in [-0.4, -0.2) is 13.0 Å². The molecule has 0 saturated heterocycles. The van der Waals surface area contributed by atoms with Crippen molar-refractivity contribution in [3.8, 4) is 0 Å². The Morgan fingerprint density at radius 2 is 2.07 bits per heavy atom. The number of rotatable bonds is 3. The fourth-order valence-corrected chi connectivity index (χ4v) is 1.27. The van der Waals surface area contributed by atoms with Crippen LogP contribution in [0.1, 0.15) is 19.8 Å². The summed E-state index contributed by atoms with van der Waals surface area (Å²) in [6.45, 7) is 1.87. The van der Waals surface area contributed by atoms with Gasteiger partial charge in [0.2, 0.25) is 5.91 Å². The third-order valence-electron chi connectivity index (χ3n) is 2.11. The Morgan fingerprint density at radius 1 is 1.40 bits per heavy atom. The molecule has 0 fully saturated rings. The van der Waals surface area contributed by atoms with Gasteiger partial charge in [-0.3, -0.25) is 4.79 Å². The molecule has 0 spiro atoms. The minimum Gasteiger partial charge on any atom is -0.313 e. The van der Waals surface area contributed by atoms with Gasteiger partial charge in [-0.25, -0.2) is 8.78 Å². The van der Waals surface area contributed by atoms with Crippen molar-refractivity contribution < 1.29 is 13.6 Å². The summed E-state index contributed by atoms with van der Waals surface area (Å²) >= 11 is 0. The van der Waals surface area contributed by atoms with E-state index < -0.39 is 11.6 Å². The van der Waals surface area contributed by atoms with E-state index in [1.165, 1.54) is 18.0 Å². The van der Waals surface area contributed by atoms with Crippen LogP contribution in [0.4, 0.5) is 14.5 Å². The van der Waals surface area contributed by atoms with Gasteiger partial charge in [-0.2, -0.15) is 0 Å². The molecule has 0 aliphatic heterocycles. The Hall–Kier alpha value is -1.45. The summed E-state index contributed by atoms with van der Waals surface area (Å²) in [6, 6.07) is 3.16. The Labute approximate surface area is 87.5 Å². The highest BCUT2D eigenvalue weighted by molar-refractivity contribution is 5.92. The van der Waals surface area contributed by atoms with Crippen molar-refractivity contribution in [3.05, 3.63) is 29.8 Å². The van der Waals surface area contributed by atoms with Crippen LogP contribution in [0.5, 0.6) is 0 Å². The summed E-state index contributed by atoms with van der Waals surface area (Å²) < 4.78 is 25.9. The van der Waals surface area contributed by atoms with Crippen LogP contribution >= 0.6 is 0 Å². The summed E-state index contributed by atoms with van der Waals surface area (Å²) in [7, 11) is 1.48. The number of hydrogen-bond acceptors (Lipinski definition) is 1. The van der Waals surface area contributed by atoms with E-state index in [1.807, 2.05) is 6.92 Å². The molecule has 15 heavy (non-hydrogen) atoms. The highest BCUT2D eigenvalue weighted by Crippen LogP contribution is 2.19. The number of carbonyl (C=O) groups excluding carboxylic acids is 1. The van der Waals surface area contributed by atoms with Gasteiger partial charge in [0, 0.05) is 19.5 Å². The van der Waals surface area contributed by atoms with Crippen molar-refractivity contribution in [2.24, 2.45) is 0 Å². The number of anilines is 1. The standard InChI is InChI=1S/C11H13F2NO/c1-3-4-11(15)14(2)10-6-5-8(12)7-9(10)13/h5-7H,3-4H2,1-2H3. The smallest absolute Gasteiger partial charge is 0.226 e. The molecule has 0 radical (unpaired) electrons. The van der Waals surface area contributed by atoms with Gasteiger partial charge in [0.05, 0.1) is 5.69 Å². The Morgan fingerprint density at radius 3 is 2.60 bits per heavy atom. The number of halogens is 2. The van der Waals surface area contributed by atoms with Crippen LogP contribution < -0.4 is 4.90 Å². The molecule has 0 aromatic heterocycles. The molecule has 0 atom stereocenters. The molecule has 1 aromatic carbocycles. The lowest BCUT2D eigenvalue weighted by Gasteiger charge is -2.17. The van der Waals surface area contributed by atoms with Crippen molar-refractivity contribution in [1.82, 2.24) is 0 Å². The Balaban J connectivity index is 2.91. The highest BCUT2D eigenvalue weighted by atomic mass is 19.1. The van der Waals surface area contributed by atoms with Crippen LogP contribution in [0.15, 0.2) is 18.2 Å². The average molecular weight is 213 g/mol. The molecule has 1 rings (SSSR count). The van der Waals surface area contributed by atoms with E-state index in [4.69, 9.17) is 0 Å². The van der Waals surface area contributed by atoms with E-state index in [1.54, 1.807) is 0 Å². The van der Waals surface area contributed by atoms with Crippen LogP contribution in [0.25, 0.3) is 0 Å². The first-order valence-electron chi connectivity index (χ1n) is 4.78. The molecular weight excluding hydrogens is 200 g/mol. The zero-order valence-electron chi connectivity index (χ0n) is 8.76. The molecule has 0 bridgehead atoms. The number of amides is 1. The van der Waals surface area contributed by atoms with E-state index in [0.717, 1.165) is 12.1 Å². The molecule has 0 aliphatic carbocycles. The monoisotopic (exact) mass is 213 g/mol. The minimum atomic E-state index is -0.720. The largest absolute Gasteiger partial charge is 0.313 e. The number of hydrogen-bond donors (Lipinski definition) is 0. The lowest BCUT2D eigenvalue weighted by molar-refractivity contribution is -0.118. The van der Waals surface area contributed by atoms with Crippen LogP contribution in [0, 0.1) is 11.6 Å². The number of benzene rings is 1. The van der Waals surface area contributed by atoms with Crippen molar-refractivity contribution >= 4 is 11.6 Å². The maximum Gasteiger partial charge on any atom is 0.226 e. The quantitative estimate of drug-likeness (QED) is 0.756. The summed E-state index contributed by atoms with van der Waals surface area (Å²) in [5, 5.41) is 0. The van der Waals surface area contributed by atoms with Gasteiger partial charge >= 0.3 is 0 Å². The Bertz CT molecular complexity index is 366. The zero-order valence-corrected chi connectivity index (χ0v) is 8.76. The van der Waals surface area contributed by atoms with Gasteiger partial charge in [-0.05, 0) is 18.6 Å². The molecule has 0 saturated carbocycles. The first-order valence-corrected chi connectivity index (χ1v) is 4.78. The van der Waals surface area contributed by atoms with Gasteiger partial charge < -0.3 is 4.90 Å². The van der Waals surface area contributed by atoms with E-state index in [-0.39, 0.29) is 11.6 Å². The van der Waals surface area contributed by atoms with Crippen molar-refractivity contribution in [2.75, 3.05) is 11.9 Å². The minimum absolute atomic E-state index is 0.106. The van der Waals surface area contributed by atoms with Gasteiger partial charge in [-0.15, -0.1) is 0 Å². The molecule has 2 nitrogen and oxygen atoms in total. The predicted octanol–water partition coefficient (Wildman–Crippen LogP) is 2.73. The van der Waals surface area contributed by atoms with Crippen LogP contribution in [0.2, 0.25) is 0 Å². The normalized spacial score (nSPS) is 10.1. The molecule has 0 aliphatic rings. The Kier molecular flexibility index (Phi) is 3.77. The molecule has 0 heterocycles. The van der Waals surface area contributed by atoms with E-state index in [0.29, 0.717) is 12.8 Å². The average Bonchev–Trinajstić information content (AvgIpc) is 2.17. The van der Waals surface area contributed by atoms with Gasteiger partial charge in [0.15, 0.2) is 0 Å². The lowest BCUT2D eigenvalue weighted by Crippen LogP contribution is -2.26. The molecule has 1 amide bonds. The second-order valence-electron chi connectivity index (χ2n) is 3.30. The van der Waals surface area contributed by atoms with Crippen molar-refractivity contribution in [1.29, 1.82) is 0 Å². The third kappa shape index (κ3) is 2.75. The molecule has 1 aromatic rings. The maximum atomic E-state index is 13.3. The second kappa shape index (κ2) is 4.87. The van der Waals surface area contributed by atoms with Crippen LogP contribution in [0.3, 0.4) is 0 Å². The van der Waals surface area contributed by atoms with Crippen LogP contribution in [-0.2, 0) is 4.79 Å². The summed E-state index contributed by atoms with van der Waals surface area (Å²) in [5.41, 5.74) is 0.106. The zero-order chi connectivity index (χ0) is 11.4. The van der Waals surface area contributed by atoms with Gasteiger partial charge in [0.25, 0.3) is 0 Å². The predicted molar refractivity (Wildman–Crippen MR) is 54.7 cm³/mol. The topological polar surface area (TPSA) is 20.3 Å². The van der Waals surface area contributed by atoms with E-state index >= 15 is 0 Å². The first kappa shape index (κ1) is 11.6. The first-order chi connectivity index (χ1) is 7.06. The second-order valence-corrected chi connectivity index (χ2v) is 3.30. The highest BCUT2D eigenvalue weighted by Gasteiger charge is 2.14. The van der Waals surface area contributed by atoms with Crippen molar-refractivity contribution in [3.63, 3.8) is 0 Å². The van der Waals surface area contributed by atoms with E-state index in [2.05, 4.69) is 0 Å². The maximum absolute atomic E-state index is 13.3. The number of carbonyl (C=O) groups is 1. The molecule has 0 N–H and O–H groups in total. The third-order valence-corrected chi connectivity index (χ3v) is 2.11. The molecular formula is C11H13F2NO. The summed E-state index contributed by atoms with van der Waals surface area (Å²) in [6.07, 6.45) is 1.05. The van der Waals surface area contributed by atoms with E-state index in [9.17, 15) is 13.6 Å². The number of nitrogens with zero attached hydrogens (tertiary/aromatic N) is 1. The SMILES string of the molecule is CCCC(=O)N(C)c1ccc(F)cc1F. The van der Waals surface area contributed by atoms with Gasteiger partial charge in [-0.1, -0.05) is 6.92 Å². The summed E-state index contributed by atoms with van der Waals surface area (Å²) in [4.78, 5) is 12.7. The fraction of sp³-hybridized carbons (Fsp3) is 0.364. The molecule has 0 unspecified atom stereocenters.